The average Bonchev–Trinajstić information content (AvgIpc) is 2.49. The molecule has 0 saturated carbocycles. The van der Waals surface area contributed by atoms with Crippen molar-refractivity contribution in [3.63, 3.8) is 0 Å². The lowest BCUT2D eigenvalue weighted by atomic mass is 9.98. The third kappa shape index (κ3) is 4.49. The van der Waals surface area contributed by atoms with Crippen LogP contribution < -0.4 is 5.32 Å². The summed E-state index contributed by atoms with van der Waals surface area (Å²) in [7, 11) is 0. The molecular formula is C15H19N3O5. The van der Waals surface area contributed by atoms with E-state index in [0.717, 1.165) is 6.42 Å². The minimum atomic E-state index is -0.832. The first-order valence-electron chi connectivity index (χ1n) is 7.37. The number of carbonyl (C=O) groups is 2. The van der Waals surface area contributed by atoms with E-state index in [9.17, 15) is 19.7 Å². The number of nitro groups is 1. The quantitative estimate of drug-likeness (QED) is 0.629. The number of rotatable bonds is 5. The number of likely N-dealkylation sites (tertiary alicyclic amines) is 1. The van der Waals surface area contributed by atoms with Crippen molar-refractivity contribution < 1.29 is 19.6 Å². The molecule has 0 bridgehead atoms. The van der Waals surface area contributed by atoms with Gasteiger partial charge in [0.15, 0.2) is 0 Å². The van der Waals surface area contributed by atoms with Crippen LogP contribution in [-0.2, 0) is 9.59 Å². The smallest absolute Gasteiger partial charge is 0.307 e. The van der Waals surface area contributed by atoms with E-state index in [4.69, 9.17) is 5.11 Å². The van der Waals surface area contributed by atoms with Crippen LogP contribution >= 0.6 is 0 Å². The Morgan fingerprint density at radius 1 is 1.48 bits per heavy atom. The summed E-state index contributed by atoms with van der Waals surface area (Å²) < 4.78 is 0. The molecule has 1 unspecified atom stereocenters. The maximum atomic E-state index is 12.1. The Kier molecular flexibility index (Phi) is 5.28. The molecule has 1 heterocycles. The summed E-state index contributed by atoms with van der Waals surface area (Å²) in [4.78, 5) is 35.1. The summed E-state index contributed by atoms with van der Waals surface area (Å²) in [6, 6.07) is 4.24. The third-order valence-corrected chi connectivity index (χ3v) is 3.92. The Bertz CT molecular complexity index is 632. The standard InChI is InChI=1S/C15H19N3O5/c1-10-7-12(18(22)23)4-5-13(10)16-14(19)9-17-6-2-3-11(8-17)15(20)21/h4-5,7,11H,2-3,6,8-9H2,1H3,(H,16,19)(H,20,21). The molecule has 8 nitrogen and oxygen atoms in total. The van der Waals surface area contributed by atoms with Crippen LogP contribution in [0.5, 0.6) is 0 Å². The Morgan fingerprint density at radius 3 is 2.83 bits per heavy atom. The summed E-state index contributed by atoms with van der Waals surface area (Å²) in [6.07, 6.45) is 1.38. The van der Waals surface area contributed by atoms with E-state index in [1.54, 1.807) is 6.92 Å². The number of nitrogens with one attached hydrogen (secondary N) is 1. The zero-order chi connectivity index (χ0) is 17.0. The number of anilines is 1. The molecule has 1 fully saturated rings. The first-order valence-corrected chi connectivity index (χ1v) is 7.37. The van der Waals surface area contributed by atoms with Gasteiger partial charge in [-0.3, -0.25) is 24.6 Å². The molecule has 23 heavy (non-hydrogen) atoms. The number of nitrogens with zero attached hydrogens (tertiary/aromatic N) is 2. The van der Waals surface area contributed by atoms with Crippen LogP contribution in [0.3, 0.4) is 0 Å². The van der Waals surface area contributed by atoms with Gasteiger partial charge in [0.1, 0.15) is 0 Å². The van der Waals surface area contributed by atoms with Gasteiger partial charge in [-0.25, -0.2) is 0 Å². The van der Waals surface area contributed by atoms with Gasteiger partial charge in [0.05, 0.1) is 17.4 Å². The van der Waals surface area contributed by atoms with Crippen LogP contribution in [0.25, 0.3) is 0 Å². The summed E-state index contributed by atoms with van der Waals surface area (Å²) in [6.45, 7) is 2.85. The van der Waals surface area contributed by atoms with Crippen molar-refractivity contribution in [3.8, 4) is 0 Å². The van der Waals surface area contributed by atoms with Crippen molar-refractivity contribution in [1.82, 2.24) is 4.90 Å². The predicted octanol–water partition coefficient (Wildman–Crippen LogP) is 1.64. The molecule has 1 aromatic carbocycles. The number of carbonyl (C=O) groups excluding carboxylic acids is 1. The van der Waals surface area contributed by atoms with Crippen LogP contribution in [0.1, 0.15) is 18.4 Å². The van der Waals surface area contributed by atoms with Crippen molar-refractivity contribution in [1.29, 1.82) is 0 Å². The van der Waals surface area contributed by atoms with Gasteiger partial charge in [-0.05, 0) is 37.9 Å². The van der Waals surface area contributed by atoms with E-state index in [2.05, 4.69) is 5.32 Å². The first kappa shape index (κ1) is 16.9. The normalized spacial score (nSPS) is 18.4. The second-order valence-corrected chi connectivity index (χ2v) is 5.72. The fourth-order valence-corrected chi connectivity index (χ4v) is 2.70. The number of aryl methyl sites for hydroxylation is 1. The number of hydrogen-bond acceptors (Lipinski definition) is 5. The molecule has 0 spiro atoms. The molecule has 8 heteroatoms. The highest BCUT2D eigenvalue weighted by molar-refractivity contribution is 5.93. The number of aliphatic carboxylic acids is 1. The molecule has 1 aromatic rings. The van der Waals surface area contributed by atoms with Gasteiger partial charge in [0, 0.05) is 24.4 Å². The number of benzene rings is 1. The maximum Gasteiger partial charge on any atom is 0.307 e. The van der Waals surface area contributed by atoms with Gasteiger partial charge in [-0.1, -0.05) is 0 Å². The zero-order valence-electron chi connectivity index (χ0n) is 12.8. The Labute approximate surface area is 133 Å². The van der Waals surface area contributed by atoms with Crippen LogP contribution in [0, 0.1) is 23.0 Å². The lowest BCUT2D eigenvalue weighted by Gasteiger charge is -2.29. The molecule has 1 atom stereocenters. The van der Waals surface area contributed by atoms with Crippen molar-refractivity contribution in [2.75, 3.05) is 25.0 Å². The van der Waals surface area contributed by atoms with Crippen LogP contribution in [0.2, 0.25) is 0 Å². The number of piperidine rings is 1. The van der Waals surface area contributed by atoms with Gasteiger partial charge in [0.2, 0.25) is 5.91 Å². The highest BCUT2D eigenvalue weighted by Gasteiger charge is 2.26. The van der Waals surface area contributed by atoms with Gasteiger partial charge in [0.25, 0.3) is 5.69 Å². The molecular weight excluding hydrogens is 302 g/mol. The monoisotopic (exact) mass is 321 g/mol. The minimum absolute atomic E-state index is 0.0270. The summed E-state index contributed by atoms with van der Waals surface area (Å²) in [5, 5.41) is 22.5. The predicted molar refractivity (Wildman–Crippen MR) is 83.3 cm³/mol. The molecule has 2 rings (SSSR count). The van der Waals surface area contributed by atoms with Gasteiger partial charge in [-0.2, -0.15) is 0 Å². The average molecular weight is 321 g/mol. The number of nitro benzene ring substituents is 1. The van der Waals surface area contributed by atoms with E-state index in [1.807, 2.05) is 4.90 Å². The van der Waals surface area contributed by atoms with E-state index >= 15 is 0 Å². The van der Waals surface area contributed by atoms with Gasteiger partial charge < -0.3 is 10.4 Å². The van der Waals surface area contributed by atoms with Crippen LogP contribution in [0.4, 0.5) is 11.4 Å². The number of amides is 1. The molecule has 0 aliphatic carbocycles. The van der Waals surface area contributed by atoms with Crippen molar-refractivity contribution >= 4 is 23.3 Å². The Morgan fingerprint density at radius 2 is 2.22 bits per heavy atom. The second-order valence-electron chi connectivity index (χ2n) is 5.72. The lowest BCUT2D eigenvalue weighted by Crippen LogP contribution is -2.42. The maximum absolute atomic E-state index is 12.1. The lowest BCUT2D eigenvalue weighted by molar-refractivity contribution is -0.384. The minimum Gasteiger partial charge on any atom is -0.481 e. The zero-order valence-corrected chi connectivity index (χ0v) is 12.8. The fraction of sp³-hybridized carbons (Fsp3) is 0.467. The molecule has 1 aliphatic heterocycles. The van der Waals surface area contributed by atoms with Crippen molar-refractivity contribution in [3.05, 3.63) is 33.9 Å². The van der Waals surface area contributed by atoms with E-state index < -0.39 is 16.8 Å². The molecule has 1 saturated heterocycles. The molecule has 0 radical (unpaired) electrons. The van der Waals surface area contributed by atoms with Gasteiger partial charge >= 0.3 is 5.97 Å². The summed E-state index contributed by atoms with van der Waals surface area (Å²) >= 11 is 0. The largest absolute Gasteiger partial charge is 0.481 e. The second kappa shape index (κ2) is 7.19. The first-order chi connectivity index (χ1) is 10.9. The molecule has 2 N–H and O–H groups in total. The molecule has 1 amide bonds. The highest BCUT2D eigenvalue weighted by atomic mass is 16.6. The topological polar surface area (TPSA) is 113 Å². The van der Waals surface area contributed by atoms with E-state index in [1.165, 1.54) is 18.2 Å². The molecule has 1 aliphatic rings. The van der Waals surface area contributed by atoms with Crippen LogP contribution in [-0.4, -0.2) is 46.4 Å². The van der Waals surface area contributed by atoms with Crippen LogP contribution in [0.15, 0.2) is 18.2 Å². The number of non-ortho nitro benzene ring substituents is 1. The van der Waals surface area contributed by atoms with Crippen molar-refractivity contribution in [2.24, 2.45) is 5.92 Å². The number of carboxylic acid groups (broad SMARTS) is 1. The summed E-state index contributed by atoms with van der Waals surface area (Å²) in [5.74, 6) is -1.52. The summed E-state index contributed by atoms with van der Waals surface area (Å²) in [5.41, 5.74) is 1.10. The van der Waals surface area contributed by atoms with Crippen molar-refractivity contribution in [2.45, 2.75) is 19.8 Å². The SMILES string of the molecule is Cc1cc([N+](=O)[O-])ccc1NC(=O)CN1CCCC(C(=O)O)C1. The van der Waals surface area contributed by atoms with Gasteiger partial charge in [-0.15, -0.1) is 0 Å². The van der Waals surface area contributed by atoms with E-state index in [0.29, 0.717) is 30.8 Å². The Hall–Kier alpha value is -2.48. The molecule has 0 aromatic heterocycles. The molecule has 124 valence electrons. The number of carboxylic acids is 1. The van der Waals surface area contributed by atoms with E-state index in [-0.39, 0.29) is 18.1 Å². The Balaban J connectivity index is 1.94. The highest BCUT2D eigenvalue weighted by Crippen LogP contribution is 2.21. The third-order valence-electron chi connectivity index (χ3n) is 3.92. The fourth-order valence-electron chi connectivity index (χ4n) is 2.70. The number of hydrogen-bond donors (Lipinski definition) is 2.